The van der Waals surface area contributed by atoms with Crippen LogP contribution in [0.3, 0.4) is 0 Å². The Morgan fingerprint density at radius 3 is 2.62 bits per heavy atom. The zero-order chi connectivity index (χ0) is 18.7. The summed E-state index contributed by atoms with van der Waals surface area (Å²) in [5.74, 6) is 0.514. The van der Waals surface area contributed by atoms with E-state index >= 15 is 0 Å². The van der Waals surface area contributed by atoms with Crippen LogP contribution < -0.4 is 10.1 Å². The summed E-state index contributed by atoms with van der Waals surface area (Å²) >= 11 is 0. The quantitative estimate of drug-likeness (QED) is 0.891. The van der Waals surface area contributed by atoms with Crippen molar-refractivity contribution in [2.24, 2.45) is 0 Å². The lowest BCUT2D eigenvalue weighted by molar-refractivity contribution is -0.137. The summed E-state index contributed by atoms with van der Waals surface area (Å²) in [5.41, 5.74) is 0.404. The molecule has 1 aliphatic rings. The summed E-state index contributed by atoms with van der Waals surface area (Å²) in [6.07, 6.45) is -3.90. The molecule has 0 radical (unpaired) electrons. The summed E-state index contributed by atoms with van der Waals surface area (Å²) in [4.78, 5) is 18.1. The van der Waals surface area contributed by atoms with Crippen molar-refractivity contribution in [1.29, 1.82) is 0 Å². The number of benzene rings is 1. The predicted molar refractivity (Wildman–Crippen MR) is 90.0 cm³/mol. The van der Waals surface area contributed by atoms with E-state index in [0.29, 0.717) is 31.1 Å². The number of halogens is 3. The minimum atomic E-state index is -4.40. The Balaban J connectivity index is 1.54. The van der Waals surface area contributed by atoms with Gasteiger partial charge in [-0.25, -0.2) is 9.78 Å². The van der Waals surface area contributed by atoms with Gasteiger partial charge in [0.1, 0.15) is 6.10 Å². The Labute approximate surface area is 148 Å². The maximum Gasteiger partial charge on any atom is 0.416 e. The van der Waals surface area contributed by atoms with Crippen molar-refractivity contribution in [1.82, 2.24) is 9.88 Å². The minimum absolute atomic E-state index is 0.164. The number of alkyl halides is 3. The van der Waals surface area contributed by atoms with Crippen LogP contribution in [0.1, 0.15) is 17.7 Å². The molecular weight excluding hydrogens is 347 g/mol. The molecule has 0 saturated carbocycles. The summed E-state index contributed by atoms with van der Waals surface area (Å²) in [5, 5.41) is 2.60. The highest BCUT2D eigenvalue weighted by atomic mass is 19.4. The van der Waals surface area contributed by atoms with Crippen LogP contribution in [0.25, 0.3) is 0 Å². The van der Waals surface area contributed by atoms with Gasteiger partial charge in [-0.1, -0.05) is 6.07 Å². The largest absolute Gasteiger partial charge is 0.472 e. The first-order chi connectivity index (χ1) is 12.3. The van der Waals surface area contributed by atoms with Crippen LogP contribution in [0.2, 0.25) is 0 Å². The van der Waals surface area contributed by atoms with Gasteiger partial charge in [0.2, 0.25) is 5.88 Å². The van der Waals surface area contributed by atoms with Gasteiger partial charge in [-0.2, -0.15) is 13.2 Å². The second kappa shape index (κ2) is 7.23. The molecule has 5 nitrogen and oxygen atoms in total. The van der Waals surface area contributed by atoms with Crippen LogP contribution in [-0.2, 0) is 6.18 Å². The van der Waals surface area contributed by atoms with Crippen LogP contribution >= 0.6 is 0 Å². The van der Waals surface area contributed by atoms with Crippen LogP contribution in [0.5, 0.6) is 5.88 Å². The molecule has 1 fully saturated rings. The van der Waals surface area contributed by atoms with Crippen molar-refractivity contribution < 1.29 is 22.7 Å². The van der Waals surface area contributed by atoms with Gasteiger partial charge in [0, 0.05) is 30.4 Å². The average Bonchev–Trinajstić information content (AvgIpc) is 3.03. The number of hydrogen-bond donors (Lipinski definition) is 1. The fourth-order valence-corrected chi connectivity index (χ4v) is 2.71. The predicted octanol–water partition coefficient (Wildman–Crippen LogP) is 4.09. The summed E-state index contributed by atoms with van der Waals surface area (Å²) in [7, 11) is 0. The first kappa shape index (κ1) is 18.0. The number of nitrogens with one attached hydrogen (secondary N) is 1. The zero-order valence-corrected chi connectivity index (χ0v) is 14.1. The van der Waals surface area contributed by atoms with Gasteiger partial charge < -0.3 is 15.0 Å². The minimum Gasteiger partial charge on any atom is -0.472 e. The number of aryl methyl sites for hydroxylation is 1. The third-order valence-electron chi connectivity index (χ3n) is 4.05. The number of rotatable bonds is 3. The summed E-state index contributed by atoms with van der Waals surface area (Å²) in [6, 6.07) is 9.46. The van der Waals surface area contributed by atoms with Crippen molar-refractivity contribution in [2.45, 2.75) is 25.6 Å². The molecule has 1 aliphatic heterocycles. The lowest BCUT2D eigenvalue weighted by atomic mass is 10.2. The van der Waals surface area contributed by atoms with Crippen molar-refractivity contribution in [3.05, 3.63) is 53.7 Å². The van der Waals surface area contributed by atoms with E-state index in [9.17, 15) is 18.0 Å². The van der Waals surface area contributed by atoms with E-state index in [0.717, 1.165) is 17.8 Å². The highest BCUT2D eigenvalue weighted by Crippen LogP contribution is 2.30. The number of urea groups is 1. The number of hydrogen-bond acceptors (Lipinski definition) is 3. The fraction of sp³-hybridized carbons (Fsp3) is 0.333. The zero-order valence-electron chi connectivity index (χ0n) is 14.1. The summed E-state index contributed by atoms with van der Waals surface area (Å²) < 4.78 is 43.5. The van der Waals surface area contributed by atoms with E-state index in [4.69, 9.17) is 4.74 Å². The fourth-order valence-electron chi connectivity index (χ4n) is 2.71. The van der Waals surface area contributed by atoms with Crippen LogP contribution in [0, 0.1) is 6.92 Å². The van der Waals surface area contributed by atoms with Crippen molar-refractivity contribution in [2.75, 3.05) is 18.4 Å². The first-order valence-corrected chi connectivity index (χ1v) is 8.15. The van der Waals surface area contributed by atoms with E-state index < -0.39 is 11.7 Å². The van der Waals surface area contributed by atoms with Gasteiger partial charge >= 0.3 is 12.2 Å². The lowest BCUT2D eigenvalue weighted by Crippen LogP contribution is -2.34. The Kier molecular flexibility index (Phi) is 5.01. The van der Waals surface area contributed by atoms with Crippen LogP contribution in [0.4, 0.5) is 23.7 Å². The molecule has 0 spiro atoms. The van der Waals surface area contributed by atoms with E-state index in [2.05, 4.69) is 10.3 Å². The van der Waals surface area contributed by atoms with Gasteiger partial charge in [-0.05, 0) is 37.3 Å². The molecule has 1 aromatic heterocycles. The second-order valence-corrected chi connectivity index (χ2v) is 6.10. The van der Waals surface area contributed by atoms with E-state index in [1.54, 1.807) is 11.0 Å². The standard InChI is InChI=1S/C18H18F3N3O2/c1-12-3-2-4-16(22-12)26-15-9-10-24(11-15)17(25)23-14-7-5-13(6-8-14)18(19,20)21/h2-8,15H,9-11H2,1H3,(H,23,25). The Morgan fingerprint density at radius 1 is 1.23 bits per heavy atom. The molecule has 0 aliphatic carbocycles. The van der Waals surface area contributed by atoms with E-state index in [-0.39, 0.29) is 12.1 Å². The number of anilines is 1. The normalized spacial score (nSPS) is 17.2. The number of aromatic nitrogens is 1. The Morgan fingerprint density at radius 2 is 1.96 bits per heavy atom. The molecule has 8 heteroatoms. The molecule has 2 aromatic rings. The number of carbonyl (C=O) groups excluding carboxylic acids is 1. The molecule has 138 valence electrons. The number of ether oxygens (including phenoxy) is 1. The van der Waals surface area contributed by atoms with Gasteiger partial charge in [0.15, 0.2) is 0 Å². The lowest BCUT2D eigenvalue weighted by Gasteiger charge is -2.18. The maximum absolute atomic E-state index is 12.6. The molecule has 1 saturated heterocycles. The molecule has 2 amide bonds. The molecule has 2 heterocycles. The van der Waals surface area contributed by atoms with Gasteiger partial charge in [-0.3, -0.25) is 0 Å². The van der Waals surface area contributed by atoms with E-state index in [1.165, 1.54) is 12.1 Å². The van der Waals surface area contributed by atoms with Gasteiger partial charge in [-0.15, -0.1) is 0 Å². The number of nitrogens with zero attached hydrogens (tertiary/aromatic N) is 2. The Hall–Kier alpha value is -2.77. The molecule has 1 atom stereocenters. The molecule has 1 N–H and O–H groups in total. The number of likely N-dealkylation sites (tertiary alicyclic amines) is 1. The highest BCUT2D eigenvalue weighted by Gasteiger charge is 2.30. The molecule has 1 aromatic carbocycles. The molecule has 1 unspecified atom stereocenters. The van der Waals surface area contributed by atoms with Crippen molar-refractivity contribution >= 4 is 11.7 Å². The van der Waals surface area contributed by atoms with Gasteiger partial charge in [0.05, 0.1) is 12.1 Å². The molecule has 0 bridgehead atoms. The van der Waals surface area contributed by atoms with Gasteiger partial charge in [0.25, 0.3) is 0 Å². The Bertz CT molecular complexity index is 778. The molecule has 26 heavy (non-hydrogen) atoms. The van der Waals surface area contributed by atoms with Crippen LogP contribution in [0.15, 0.2) is 42.5 Å². The number of carbonyl (C=O) groups is 1. The summed E-state index contributed by atoms with van der Waals surface area (Å²) in [6.45, 7) is 2.76. The first-order valence-electron chi connectivity index (χ1n) is 8.15. The topological polar surface area (TPSA) is 54.5 Å². The third kappa shape index (κ3) is 4.44. The maximum atomic E-state index is 12.6. The smallest absolute Gasteiger partial charge is 0.416 e. The number of pyridine rings is 1. The van der Waals surface area contributed by atoms with Crippen molar-refractivity contribution in [3.63, 3.8) is 0 Å². The highest BCUT2D eigenvalue weighted by molar-refractivity contribution is 5.89. The number of amides is 2. The molecular formula is C18H18F3N3O2. The second-order valence-electron chi connectivity index (χ2n) is 6.10. The SMILES string of the molecule is Cc1cccc(OC2CCN(C(=O)Nc3ccc(C(F)(F)F)cc3)C2)n1. The third-order valence-corrected chi connectivity index (χ3v) is 4.05. The monoisotopic (exact) mass is 365 g/mol. The van der Waals surface area contributed by atoms with Crippen molar-refractivity contribution in [3.8, 4) is 5.88 Å². The van der Waals surface area contributed by atoms with Crippen LogP contribution in [-0.4, -0.2) is 35.1 Å². The molecule has 3 rings (SSSR count). The van der Waals surface area contributed by atoms with E-state index in [1.807, 2.05) is 19.1 Å². The average molecular weight is 365 g/mol.